The number of aromatic hydroxyl groups is 1. The number of hydrogen-bond donors (Lipinski definition) is 2. The van der Waals surface area contributed by atoms with Crippen molar-refractivity contribution in [2.75, 3.05) is 50.9 Å². The summed E-state index contributed by atoms with van der Waals surface area (Å²) >= 11 is 6.99. The summed E-state index contributed by atoms with van der Waals surface area (Å²) in [7, 11) is 0. The number of ether oxygens (including phenoxy) is 2. The fourth-order valence-electron chi connectivity index (χ4n) is 8.43. The zero-order valence-electron chi connectivity index (χ0n) is 26.4. The Labute approximate surface area is 277 Å². The van der Waals surface area contributed by atoms with E-state index in [4.69, 9.17) is 26.1 Å². The van der Waals surface area contributed by atoms with E-state index < -0.39 is 5.82 Å². The van der Waals surface area contributed by atoms with E-state index in [2.05, 4.69) is 27.0 Å². The maximum absolute atomic E-state index is 17.1. The number of aromatic nitrogens is 2. The number of fused-ring (bicyclic) bond motifs is 5. The molecule has 5 fully saturated rings. The van der Waals surface area contributed by atoms with E-state index in [0.717, 1.165) is 71.5 Å². The van der Waals surface area contributed by atoms with Crippen molar-refractivity contribution >= 4 is 39.1 Å². The van der Waals surface area contributed by atoms with Crippen LogP contribution in [0.5, 0.6) is 11.8 Å². The molecule has 4 aromatic rings. The number of halogens is 3. The van der Waals surface area contributed by atoms with Crippen molar-refractivity contribution in [3.63, 3.8) is 0 Å². The first-order chi connectivity index (χ1) is 22.8. The van der Waals surface area contributed by atoms with Gasteiger partial charge in [0.1, 0.15) is 22.9 Å². The van der Waals surface area contributed by atoms with Crippen molar-refractivity contribution in [2.45, 2.75) is 62.6 Å². The van der Waals surface area contributed by atoms with Gasteiger partial charge in [-0.05, 0) is 85.5 Å². The highest BCUT2D eigenvalue weighted by atomic mass is 35.5. The van der Waals surface area contributed by atoms with Gasteiger partial charge in [-0.15, -0.1) is 0 Å². The Morgan fingerprint density at radius 3 is 2.66 bits per heavy atom. The molecule has 3 aliphatic heterocycles. The maximum atomic E-state index is 17.1. The van der Waals surface area contributed by atoms with Crippen molar-refractivity contribution in [3.05, 3.63) is 52.6 Å². The van der Waals surface area contributed by atoms with E-state index in [1.54, 1.807) is 18.2 Å². The minimum atomic E-state index is -0.635. The summed E-state index contributed by atoms with van der Waals surface area (Å²) < 4.78 is 44.4. The first-order valence-corrected chi connectivity index (χ1v) is 17.3. The second kappa shape index (κ2) is 11.1. The van der Waals surface area contributed by atoms with Gasteiger partial charge in [-0.3, -0.25) is 4.90 Å². The molecule has 2 N–H and O–H groups in total. The van der Waals surface area contributed by atoms with Gasteiger partial charge in [-0.1, -0.05) is 17.7 Å². The molecule has 8 nitrogen and oxygen atoms in total. The van der Waals surface area contributed by atoms with Crippen molar-refractivity contribution < 1.29 is 23.4 Å². The van der Waals surface area contributed by atoms with Crippen LogP contribution < -0.4 is 15.0 Å². The number of phenolic OH excluding ortho intramolecular Hbond substituents is 1. The molecule has 2 bridgehead atoms. The third kappa shape index (κ3) is 5.02. The number of benzene rings is 3. The van der Waals surface area contributed by atoms with Gasteiger partial charge in [-0.2, -0.15) is 9.97 Å². The van der Waals surface area contributed by atoms with Gasteiger partial charge in [0.2, 0.25) is 0 Å². The van der Waals surface area contributed by atoms with Crippen LogP contribution >= 0.6 is 11.6 Å². The number of nitrogens with zero attached hydrogens (tertiary/aromatic N) is 4. The summed E-state index contributed by atoms with van der Waals surface area (Å²) in [4.78, 5) is 14.1. The van der Waals surface area contributed by atoms with Gasteiger partial charge in [0.25, 0.3) is 0 Å². The highest BCUT2D eigenvalue weighted by Gasteiger charge is 2.71. The molecule has 3 atom stereocenters. The second-order valence-electron chi connectivity index (χ2n) is 14.3. The highest BCUT2D eigenvalue weighted by Crippen LogP contribution is 2.77. The molecule has 0 spiro atoms. The molecule has 2 aliphatic carbocycles. The lowest BCUT2D eigenvalue weighted by Gasteiger charge is -2.34. The predicted octanol–water partition coefficient (Wildman–Crippen LogP) is 6.18. The molecule has 3 saturated heterocycles. The summed E-state index contributed by atoms with van der Waals surface area (Å²) in [5.41, 5.74) is 0.961. The molecule has 246 valence electrons. The van der Waals surface area contributed by atoms with Crippen molar-refractivity contribution in [1.82, 2.24) is 20.2 Å². The minimum Gasteiger partial charge on any atom is -0.508 e. The average Bonchev–Trinajstić information content (AvgIpc) is 3.91. The largest absolute Gasteiger partial charge is 0.508 e. The first kappa shape index (κ1) is 29.8. The van der Waals surface area contributed by atoms with Crippen molar-refractivity contribution in [3.8, 4) is 22.9 Å². The molecule has 4 heterocycles. The second-order valence-corrected chi connectivity index (χ2v) is 14.7. The molecule has 2 saturated carbocycles. The van der Waals surface area contributed by atoms with E-state index in [9.17, 15) is 5.11 Å². The smallest absolute Gasteiger partial charge is 0.319 e. The summed E-state index contributed by atoms with van der Waals surface area (Å²) in [6.07, 6.45) is 4.77. The number of rotatable bonds is 8. The van der Waals surface area contributed by atoms with Crippen molar-refractivity contribution in [2.24, 2.45) is 5.92 Å². The average molecular weight is 662 g/mol. The van der Waals surface area contributed by atoms with Gasteiger partial charge in [0, 0.05) is 66.2 Å². The topological polar surface area (TPSA) is 83.0 Å². The monoisotopic (exact) mass is 661 g/mol. The third-order valence-corrected chi connectivity index (χ3v) is 11.5. The lowest BCUT2D eigenvalue weighted by atomic mass is 9.88. The fraction of sp³-hybridized carbons (Fsp3) is 0.500. The lowest BCUT2D eigenvalue weighted by Crippen LogP contribution is -2.51. The fourth-order valence-corrected chi connectivity index (χ4v) is 8.72. The van der Waals surface area contributed by atoms with Crippen LogP contribution in [0, 0.1) is 17.6 Å². The van der Waals surface area contributed by atoms with E-state index >= 15 is 8.78 Å². The Balaban J connectivity index is 1.15. The summed E-state index contributed by atoms with van der Waals surface area (Å²) in [6, 6.07) is 9.05. The number of morpholine rings is 1. The van der Waals surface area contributed by atoms with Crippen LogP contribution in [0.1, 0.15) is 44.6 Å². The number of hydrogen-bond acceptors (Lipinski definition) is 8. The highest BCUT2D eigenvalue weighted by molar-refractivity contribution is 6.35. The maximum Gasteiger partial charge on any atom is 0.319 e. The van der Waals surface area contributed by atoms with E-state index in [-0.39, 0.29) is 39.1 Å². The van der Waals surface area contributed by atoms with Crippen molar-refractivity contribution in [1.29, 1.82) is 0 Å². The van der Waals surface area contributed by atoms with Crippen LogP contribution in [0.4, 0.5) is 14.6 Å². The number of phenols is 1. The Morgan fingerprint density at radius 2 is 1.91 bits per heavy atom. The van der Waals surface area contributed by atoms with Gasteiger partial charge in [-0.25, -0.2) is 8.78 Å². The molecule has 0 radical (unpaired) electrons. The van der Waals surface area contributed by atoms with Crippen LogP contribution in [0.15, 0.2) is 30.3 Å². The quantitative estimate of drug-likeness (QED) is 0.217. The molecule has 47 heavy (non-hydrogen) atoms. The lowest BCUT2D eigenvalue weighted by molar-refractivity contribution is -0.00211. The zero-order chi connectivity index (χ0) is 32.0. The van der Waals surface area contributed by atoms with E-state index in [1.165, 1.54) is 12.1 Å². The SMILES string of the molecule is CC1COCCN1CCCOc1nc(N2CC3CCC(C2)N3)c2cc(Cl)c(-c3cc(O)cc4ccc(F)c(C56CC5C6)c34)c(F)c2n1. The molecule has 0 amide bonds. The minimum absolute atomic E-state index is 0.0421. The standard InChI is InChI=1S/C36H38ClF2N5O3/c1-19-18-46-10-8-43(19)7-2-9-47-35-41-33-26(34(42-35)44-16-22-4-5-23(17-44)40-22)13-27(37)30(32(33)39)25-12-24(45)11-20-3-6-28(38)31(29(20)25)36-14-21(36)15-36/h3,6,11-13,19,21-23,40,45H,2,4-5,7-10,14-18H2,1H3. The summed E-state index contributed by atoms with van der Waals surface area (Å²) in [5.74, 6) is 0.0742. The molecule has 11 heteroatoms. The predicted molar refractivity (Wildman–Crippen MR) is 178 cm³/mol. The molecule has 9 rings (SSSR count). The third-order valence-electron chi connectivity index (χ3n) is 11.2. The number of anilines is 1. The number of nitrogens with one attached hydrogen (secondary N) is 1. The van der Waals surface area contributed by atoms with Gasteiger partial charge in [0.15, 0.2) is 5.82 Å². The van der Waals surface area contributed by atoms with E-state index in [0.29, 0.717) is 63.8 Å². The van der Waals surface area contributed by atoms with Crippen LogP contribution in [-0.4, -0.2) is 84.1 Å². The Morgan fingerprint density at radius 1 is 1.13 bits per heavy atom. The van der Waals surface area contributed by atoms with Gasteiger partial charge >= 0.3 is 6.01 Å². The van der Waals surface area contributed by atoms with Gasteiger partial charge < -0.3 is 24.8 Å². The Kier molecular flexibility index (Phi) is 7.05. The Hall–Kier alpha value is -3.31. The molecular formula is C36H38ClF2N5O3. The molecule has 3 aromatic carbocycles. The zero-order valence-corrected chi connectivity index (χ0v) is 27.1. The first-order valence-electron chi connectivity index (χ1n) is 16.9. The molecule has 1 aromatic heterocycles. The van der Waals surface area contributed by atoms with Crippen LogP contribution in [0.3, 0.4) is 0 Å². The van der Waals surface area contributed by atoms with Crippen LogP contribution in [0.25, 0.3) is 32.8 Å². The summed E-state index contributed by atoms with van der Waals surface area (Å²) in [5, 5.41) is 16.3. The van der Waals surface area contributed by atoms with Crippen LogP contribution in [-0.2, 0) is 10.2 Å². The van der Waals surface area contributed by atoms with E-state index in [1.807, 2.05) is 0 Å². The van der Waals surface area contributed by atoms with Crippen LogP contribution in [0.2, 0.25) is 5.02 Å². The molecular weight excluding hydrogens is 624 g/mol. The molecule has 3 unspecified atom stereocenters. The normalized spacial score (nSPS) is 28.2. The van der Waals surface area contributed by atoms with Gasteiger partial charge in [0.05, 0.1) is 24.8 Å². The number of piperazine rings is 1. The summed E-state index contributed by atoms with van der Waals surface area (Å²) in [6.45, 7) is 7.20. The Bertz CT molecular complexity index is 1910. The molecule has 5 aliphatic rings.